The Morgan fingerprint density at radius 2 is 1.62 bits per heavy atom. The number of hydrogen-bond donors (Lipinski definition) is 0. The average molecular weight is 565 g/mol. The van der Waals surface area contributed by atoms with Gasteiger partial charge in [-0.05, 0) is 79.7 Å². The van der Waals surface area contributed by atoms with Crippen LogP contribution in [0.25, 0.3) is 11.1 Å². The van der Waals surface area contributed by atoms with Gasteiger partial charge in [-0.15, -0.1) is 0 Å². The highest BCUT2D eigenvalue weighted by atomic mass is 16.5. The third-order valence-electron chi connectivity index (χ3n) is 8.30. The van der Waals surface area contributed by atoms with Crippen molar-refractivity contribution in [2.75, 3.05) is 52.3 Å². The second-order valence-corrected chi connectivity index (χ2v) is 10.9. The van der Waals surface area contributed by atoms with Gasteiger partial charge in [0.1, 0.15) is 17.2 Å². The van der Waals surface area contributed by atoms with E-state index in [4.69, 9.17) is 9.47 Å². The molecule has 1 saturated heterocycles. The summed E-state index contributed by atoms with van der Waals surface area (Å²) in [6.07, 6.45) is 0.959. The van der Waals surface area contributed by atoms with E-state index in [1.807, 2.05) is 82.6 Å². The molecule has 6 rings (SSSR count). The predicted octanol–water partition coefficient (Wildman–Crippen LogP) is 5.16. The fraction of sp³-hybridized carbons (Fsp3) is 0.294. The highest BCUT2D eigenvalue weighted by molar-refractivity contribution is 6.07. The van der Waals surface area contributed by atoms with Crippen LogP contribution in [0, 0.1) is 0 Å². The molecular weight excluding hydrogens is 528 g/mol. The Hall–Kier alpha value is -4.56. The Morgan fingerprint density at radius 1 is 0.762 bits per heavy atom. The summed E-state index contributed by atoms with van der Waals surface area (Å²) in [5, 5.41) is 0. The van der Waals surface area contributed by atoms with E-state index in [0.717, 1.165) is 59.9 Å². The zero-order chi connectivity index (χ0) is 29.2. The van der Waals surface area contributed by atoms with Crippen LogP contribution in [-0.2, 0) is 13.1 Å². The van der Waals surface area contributed by atoms with Gasteiger partial charge < -0.3 is 28.7 Å². The molecule has 8 heteroatoms. The summed E-state index contributed by atoms with van der Waals surface area (Å²) in [7, 11) is 5.35. The lowest BCUT2D eigenvalue weighted by atomic mass is 10.0. The molecule has 0 aliphatic carbocycles. The van der Waals surface area contributed by atoms with Crippen LogP contribution < -0.4 is 14.4 Å². The average Bonchev–Trinajstić information content (AvgIpc) is 3.18. The van der Waals surface area contributed by atoms with E-state index in [0.29, 0.717) is 36.6 Å². The van der Waals surface area contributed by atoms with E-state index < -0.39 is 0 Å². The Kier molecular flexibility index (Phi) is 7.71. The van der Waals surface area contributed by atoms with E-state index in [9.17, 15) is 9.59 Å². The van der Waals surface area contributed by atoms with Crippen LogP contribution in [0.15, 0.2) is 78.9 Å². The molecule has 8 nitrogen and oxygen atoms in total. The Bertz CT molecular complexity index is 1630. The zero-order valence-corrected chi connectivity index (χ0v) is 24.4. The predicted molar refractivity (Wildman–Crippen MR) is 163 cm³/mol. The van der Waals surface area contributed by atoms with Crippen molar-refractivity contribution in [2.24, 2.45) is 0 Å². The van der Waals surface area contributed by atoms with E-state index >= 15 is 0 Å². The maximum atomic E-state index is 14.2. The summed E-state index contributed by atoms with van der Waals surface area (Å²) in [4.78, 5) is 33.9. The molecule has 0 saturated carbocycles. The van der Waals surface area contributed by atoms with Crippen molar-refractivity contribution in [1.29, 1.82) is 0 Å². The minimum Gasteiger partial charge on any atom is -0.497 e. The highest BCUT2D eigenvalue weighted by Crippen LogP contribution is 2.35. The van der Waals surface area contributed by atoms with Crippen molar-refractivity contribution in [3.05, 3.63) is 101 Å². The van der Waals surface area contributed by atoms with Gasteiger partial charge in [0.25, 0.3) is 11.8 Å². The number of nitrogens with zero attached hydrogens (tertiary/aromatic N) is 4. The molecule has 1 aromatic heterocycles. The summed E-state index contributed by atoms with van der Waals surface area (Å²) in [6, 6.07) is 25.2. The van der Waals surface area contributed by atoms with E-state index in [2.05, 4.69) is 16.5 Å². The topological polar surface area (TPSA) is 67.2 Å². The summed E-state index contributed by atoms with van der Waals surface area (Å²) in [5.74, 6) is 1.28. The van der Waals surface area contributed by atoms with E-state index in [1.54, 1.807) is 20.3 Å². The SMILES string of the molecule is COc1cccc(-c2ccc(C(=O)N3Cc4ccc(C(=O)N5CCCN(C)CC5)n4Cc4ccccc43)cc2OC)c1. The van der Waals surface area contributed by atoms with Crippen LogP contribution in [0.3, 0.4) is 0 Å². The third kappa shape index (κ3) is 5.25. The van der Waals surface area contributed by atoms with Crippen molar-refractivity contribution in [1.82, 2.24) is 14.4 Å². The summed E-state index contributed by atoms with van der Waals surface area (Å²) in [5.41, 5.74) is 5.77. The molecule has 2 amide bonds. The van der Waals surface area contributed by atoms with Gasteiger partial charge in [-0.25, -0.2) is 0 Å². The number of carbonyl (C=O) groups is 2. The van der Waals surface area contributed by atoms with E-state index in [1.165, 1.54) is 0 Å². The molecule has 0 bridgehead atoms. The number of methoxy groups -OCH3 is 2. The molecule has 3 aromatic carbocycles. The largest absolute Gasteiger partial charge is 0.497 e. The maximum Gasteiger partial charge on any atom is 0.270 e. The Balaban J connectivity index is 1.33. The molecule has 0 spiro atoms. The van der Waals surface area contributed by atoms with Crippen molar-refractivity contribution < 1.29 is 19.1 Å². The maximum absolute atomic E-state index is 14.2. The van der Waals surface area contributed by atoms with Gasteiger partial charge in [-0.3, -0.25) is 9.59 Å². The highest BCUT2D eigenvalue weighted by Gasteiger charge is 2.29. The van der Waals surface area contributed by atoms with Crippen molar-refractivity contribution in [3.63, 3.8) is 0 Å². The lowest BCUT2D eigenvalue weighted by molar-refractivity contribution is 0.0752. The first-order valence-electron chi connectivity index (χ1n) is 14.4. The number of carbonyl (C=O) groups excluding carboxylic acids is 2. The van der Waals surface area contributed by atoms with Crippen LogP contribution >= 0.6 is 0 Å². The number of rotatable bonds is 5. The van der Waals surface area contributed by atoms with Crippen LogP contribution in [0.1, 0.15) is 38.5 Å². The van der Waals surface area contributed by atoms with Gasteiger partial charge in [-0.2, -0.15) is 0 Å². The lowest BCUT2D eigenvalue weighted by Gasteiger charge is -2.23. The van der Waals surface area contributed by atoms with Gasteiger partial charge in [0.05, 0.1) is 27.3 Å². The molecule has 216 valence electrons. The van der Waals surface area contributed by atoms with Crippen molar-refractivity contribution >= 4 is 17.5 Å². The molecule has 2 aliphatic heterocycles. The smallest absolute Gasteiger partial charge is 0.270 e. The molecule has 2 aliphatic rings. The van der Waals surface area contributed by atoms with Crippen molar-refractivity contribution in [2.45, 2.75) is 19.5 Å². The number of para-hydroxylation sites is 1. The number of anilines is 1. The standard InChI is InChI=1S/C34H36N4O4/c1-35-16-7-17-36(19-18-35)34(40)31-15-13-27-23-38(30-11-5-4-8-26(30)22-37(27)31)33(39)25-12-14-29(32(21-25)42-3)24-9-6-10-28(20-24)41-2/h4-6,8-15,20-21H,7,16-19,22-23H2,1-3H3. The van der Waals surface area contributed by atoms with Gasteiger partial charge in [0.15, 0.2) is 0 Å². The first-order chi connectivity index (χ1) is 20.5. The fourth-order valence-electron chi connectivity index (χ4n) is 5.95. The van der Waals surface area contributed by atoms with Crippen LogP contribution in [0.5, 0.6) is 11.5 Å². The van der Waals surface area contributed by atoms with Crippen LogP contribution in [0.2, 0.25) is 0 Å². The van der Waals surface area contributed by atoms with Crippen LogP contribution in [-0.4, -0.2) is 73.6 Å². The zero-order valence-electron chi connectivity index (χ0n) is 24.4. The molecule has 0 atom stereocenters. The van der Waals surface area contributed by atoms with Gasteiger partial charge in [-0.1, -0.05) is 30.3 Å². The molecule has 4 aromatic rings. The van der Waals surface area contributed by atoms with Gasteiger partial charge in [0.2, 0.25) is 0 Å². The number of amides is 2. The summed E-state index contributed by atoms with van der Waals surface area (Å²) < 4.78 is 13.2. The minimum absolute atomic E-state index is 0.0478. The number of aromatic nitrogens is 1. The van der Waals surface area contributed by atoms with Gasteiger partial charge >= 0.3 is 0 Å². The molecule has 42 heavy (non-hydrogen) atoms. The first-order valence-corrected chi connectivity index (χ1v) is 14.4. The second-order valence-electron chi connectivity index (χ2n) is 10.9. The molecular formula is C34H36N4O4. The number of ether oxygens (including phenoxy) is 2. The number of benzene rings is 3. The second kappa shape index (κ2) is 11.7. The molecule has 3 heterocycles. The normalized spacial score (nSPS) is 15.3. The number of fused-ring (bicyclic) bond motifs is 2. The van der Waals surface area contributed by atoms with Gasteiger partial charge in [0, 0.05) is 42.1 Å². The molecule has 0 N–H and O–H groups in total. The Morgan fingerprint density at radius 3 is 2.45 bits per heavy atom. The van der Waals surface area contributed by atoms with Crippen LogP contribution in [0.4, 0.5) is 5.69 Å². The minimum atomic E-state index is -0.129. The first kappa shape index (κ1) is 27.6. The summed E-state index contributed by atoms with van der Waals surface area (Å²) in [6.45, 7) is 4.19. The molecule has 0 unspecified atom stereocenters. The molecule has 1 fully saturated rings. The number of likely N-dealkylation sites (N-methyl/N-ethyl adjacent to an activating group) is 1. The summed E-state index contributed by atoms with van der Waals surface area (Å²) >= 11 is 0. The third-order valence-corrected chi connectivity index (χ3v) is 8.30. The Labute approximate surface area is 246 Å². The van der Waals surface area contributed by atoms with E-state index in [-0.39, 0.29) is 11.8 Å². The number of hydrogen-bond acceptors (Lipinski definition) is 5. The fourth-order valence-corrected chi connectivity index (χ4v) is 5.95. The lowest BCUT2D eigenvalue weighted by Crippen LogP contribution is -2.35. The molecule has 0 radical (unpaired) electrons. The monoisotopic (exact) mass is 564 g/mol. The quantitative estimate of drug-likeness (QED) is 0.335. The van der Waals surface area contributed by atoms with Crippen molar-refractivity contribution in [3.8, 4) is 22.6 Å².